The number of ether oxygens (including phenoxy) is 1. The van der Waals surface area contributed by atoms with E-state index in [1.807, 2.05) is 13.8 Å². The maximum Gasteiger partial charge on any atom is 0.280 e. The van der Waals surface area contributed by atoms with Gasteiger partial charge in [-0.15, -0.1) is 0 Å². The quantitative estimate of drug-likeness (QED) is 0.600. The maximum absolute atomic E-state index is 11.2. The number of methoxy groups -OCH3 is 1. The van der Waals surface area contributed by atoms with Gasteiger partial charge in [0.15, 0.2) is 0 Å². The van der Waals surface area contributed by atoms with E-state index >= 15 is 0 Å². The number of aliphatic hydroxyl groups excluding tert-OH is 1. The van der Waals surface area contributed by atoms with E-state index in [0.29, 0.717) is 6.42 Å². The Kier molecular flexibility index (Phi) is 8.53. The lowest BCUT2D eigenvalue weighted by molar-refractivity contribution is 0.181. The van der Waals surface area contributed by atoms with Crippen molar-refractivity contribution in [2.24, 2.45) is 0 Å². The van der Waals surface area contributed by atoms with Gasteiger partial charge in [-0.3, -0.25) is 0 Å². The highest BCUT2D eigenvalue weighted by Gasteiger charge is 2.16. The zero-order valence-electron chi connectivity index (χ0n) is 13.8. The van der Waals surface area contributed by atoms with Crippen molar-refractivity contribution in [3.05, 3.63) is 28.8 Å². The Morgan fingerprint density at radius 2 is 1.78 bits per heavy atom. The van der Waals surface area contributed by atoms with Gasteiger partial charge in [0.25, 0.3) is 10.1 Å². The molecule has 0 radical (unpaired) electrons. The fraction of sp³-hybridized carbons (Fsp3) is 0.625. The summed E-state index contributed by atoms with van der Waals surface area (Å²) in [6.07, 6.45) is 3.26. The summed E-state index contributed by atoms with van der Waals surface area (Å²) in [5, 5.41) is 9.67. The summed E-state index contributed by atoms with van der Waals surface area (Å²) >= 11 is 2.43. The van der Waals surface area contributed by atoms with Gasteiger partial charge in [-0.25, -0.2) is 0 Å². The number of halogens is 1. The van der Waals surface area contributed by atoms with Crippen LogP contribution in [-0.2, 0) is 19.8 Å². The molecule has 0 aromatic heterocycles. The lowest BCUT2D eigenvalue weighted by atomic mass is 10.0. The molecule has 0 heterocycles. The van der Waals surface area contributed by atoms with E-state index in [1.165, 1.54) is 5.56 Å². The van der Waals surface area contributed by atoms with Gasteiger partial charge in [0.05, 0.1) is 13.2 Å². The molecule has 0 fully saturated rings. The molecule has 0 aliphatic carbocycles. The Labute approximate surface area is 147 Å². The standard InChI is InChI=1S/C16H25BrO5S/c1-12-9-14(10-13(2)16(12)21-3)7-5-4-6-8-15(18)11-23(19,20)22-17/h9-10,15,18H,4-8,11H2,1-3H3. The molecule has 132 valence electrons. The van der Waals surface area contributed by atoms with Crippen LogP contribution in [0.2, 0.25) is 0 Å². The van der Waals surface area contributed by atoms with Crippen LogP contribution in [0.4, 0.5) is 0 Å². The molecule has 0 aliphatic rings. The van der Waals surface area contributed by atoms with E-state index < -0.39 is 16.2 Å². The third kappa shape index (κ3) is 7.20. The van der Waals surface area contributed by atoms with Crippen molar-refractivity contribution in [3.8, 4) is 5.75 Å². The predicted molar refractivity (Wildman–Crippen MR) is 94.4 cm³/mol. The zero-order chi connectivity index (χ0) is 17.5. The molecule has 1 unspecified atom stereocenters. The number of aliphatic hydroxyl groups is 1. The van der Waals surface area contributed by atoms with Crippen LogP contribution < -0.4 is 4.74 Å². The van der Waals surface area contributed by atoms with Gasteiger partial charge in [0.1, 0.15) is 27.8 Å². The molecular formula is C16H25BrO5S. The van der Waals surface area contributed by atoms with Crippen LogP contribution in [0.5, 0.6) is 5.75 Å². The first kappa shape index (κ1) is 20.4. The fourth-order valence-corrected chi connectivity index (χ4v) is 3.75. The Morgan fingerprint density at radius 3 is 2.30 bits per heavy atom. The minimum atomic E-state index is -3.67. The van der Waals surface area contributed by atoms with E-state index in [4.69, 9.17) is 4.74 Å². The van der Waals surface area contributed by atoms with Crippen molar-refractivity contribution >= 4 is 26.4 Å². The summed E-state index contributed by atoms with van der Waals surface area (Å²) < 4.78 is 31.8. The van der Waals surface area contributed by atoms with Gasteiger partial charge in [-0.05, 0) is 49.8 Å². The first-order valence-electron chi connectivity index (χ1n) is 7.64. The molecule has 1 rings (SSSR count). The monoisotopic (exact) mass is 408 g/mol. The average molecular weight is 409 g/mol. The van der Waals surface area contributed by atoms with Gasteiger partial charge >= 0.3 is 0 Å². The van der Waals surface area contributed by atoms with E-state index in [-0.39, 0.29) is 5.75 Å². The molecule has 1 aromatic carbocycles. The van der Waals surface area contributed by atoms with E-state index in [2.05, 4.69) is 31.7 Å². The van der Waals surface area contributed by atoms with Crippen molar-refractivity contribution in [2.75, 3.05) is 12.9 Å². The SMILES string of the molecule is COc1c(C)cc(CCCCCC(O)CS(=O)(=O)OBr)cc1C. The third-order valence-electron chi connectivity index (χ3n) is 3.72. The Balaban J connectivity index is 2.33. The molecule has 0 saturated carbocycles. The van der Waals surface area contributed by atoms with Gasteiger partial charge < -0.3 is 9.84 Å². The molecule has 0 aliphatic heterocycles. The van der Waals surface area contributed by atoms with Crippen LogP contribution in [0.15, 0.2) is 12.1 Å². The van der Waals surface area contributed by atoms with Gasteiger partial charge in [-0.1, -0.05) is 25.0 Å². The molecule has 5 nitrogen and oxygen atoms in total. The first-order valence-corrected chi connectivity index (χ1v) is 9.86. The number of aryl methyl sites for hydroxylation is 3. The van der Waals surface area contributed by atoms with Crippen LogP contribution in [0, 0.1) is 13.8 Å². The smallest absolute Gasteiger partial charge is 0.280 e. The van der Waals surface area contributed by atoms with E-state index in [0.717, 1.165) is 42.6 Å². The second-order valence-corrected chi connectivity index (χ2v) is 8.17. The second-order valence-electron chi connectivity index (χ2n) is 5.80. The summed E-state index contributed by atoms with van der Waals surface area (Å²) in [5.41, 5.74) is 3.55. The van der Waals surface area contributed by atoms with E-state index in [1.54, 1.807) is 7.11 Å². The summed E-state index contributed by atoms with van der Waals surface area (Å²) in [4.78, 5) is 0. The molecule has 1 atom stereocenters. The van der Waals surface area contributed by atoms with Crippen molar-refractivity contribution < 1.29 is 21.5 Å². The normalized spacial score (nSPS) is 13.1. The Bertz CT molecular complexity index is 577. The first-order chi connectivity index (χ1) is 10.8. The van der Waals surface area contributed by atoms with Crippen molar-refractivity contribution in [1.29, 1.82) is 0 Å². The predicted octanol–water partition coefficient (Wildman–Crippen LogP) is 3.43. The highest BCUT2D eigenvalue weighted by Crippen LogP contribution is 2.25. The number of hydrogen-bond acceptors (Lipinski definition) is 5. The molecule has 0 spiro atoms. The molecule has 0 bridgehead atoms. The largest absolute Gasteiger partial charge is 0.496 e. The minimum absolute atomic E-state index is 0.380. The lowest BCUT2D eigenvalue weighted by Gasteiger charge is -2.12. The van der Waals surface area contributed by atoms with Gasteiger partial charge in [-0.2, -0.15) is 11.7 Å². The van der Waals surface area contributed by atoms with Gasteiger partial charge in [0, 0.05) is 0 Å². The average Bonchev–Trinajstić information content (AvgIpc) is 2.46. The van der Waals surface area contributed by atoms with Crippen molar-refractivity contribution in [3.63, 3.8) is 0 Å². The third-order valence-corrected chi connectivity index (χ3v) is 5.91. The minimum Gasteiger partial charge on any atom is -0.496 e. The van der Waals surface area contributed by atoms with Gasteiger partial charge in [0.2, 0.25) is 0 Å². The molecule has 1 aromatic rings. The second kappa shape index (κ2) is 9.61. The van der Waals surface area contributed by atoms with Crippen molar-refractivity contribution in [2.45, 2.75) is 52.1 Å². The molecule has 0 amide bonds. The van der Waals surface area contributed by atoms with Crippen LogP contribution in [0.3, 0.4) is 0 Å². The molecule has 7 heteroatoms. The Hall–Kier alpha value is -0.630. The maximum atomic E-state index is 11.2. The van der Waals surface area contributed by atoms with Crippen LogP contribution in [0.1, 0.15) is 42.4 Å². The highest BCUT2D eigenvalue weighted by molar-refractivity contribution is 9.06. The molecule has 23 heavy (non-hydrogen) atoms. The van der Waals surface area contributed by atoms with Crippen LogP contribution >= 0.6 is 16.3 Å². The fourth-order valence-electron chi connectivity index (χ4n) is 2.74. The number of hydrogen-bond donors (Lipinski definition) is 1. The van der Waals surface area contributed by atoms with Crippen LogP contribution in [0.25, 0.3) is 0 Å². The molecular weight excluding hydrogens is 384 g/mol. The van der Waals surface area contributed by atoms with Crippen molar-refractivity contribution in [1.82, 2.24) is 0 Å². The van der Waals surface area contributed by atoms with Crippen LogP contribution in [-0.4, -0.2) is 32.5 Å². The molecule has 0 saturated heterocycles. The molecule has 1 N–H and O–H groups in total. The summed E-state index contributed by atoms with van der Waals surface area (Å²) in [6, 6.07) is 4.28. The lowest BCUT2D eigenvalue weighted by Crippen LogP contribution is -2.20. The summed E-state index contributed by atoms with van der Waals surface area (Å²) in [6.45, 7) is 4.08. The Morgan fingerprint density at radius 1 is 1.17 bits per heavy atom. The highest BCUT2D eigenvalue weighted by atomic mass is 79.9. The van der Waals surface area contributed by atoms with E-state index in [9.17, 15) is 13.5 Å². The number of rotatable bonds is 10. The zero-order valence-corrected chi connectivity index (χ0v) is 16.2. The topological polar surface area (TPSA) is 72.8 Å². The number of unbranched alkanes of at least 4 members (excludes halogenated alkanes) is 2. The number of benzene rings is 1. The summed E-state index contributed by atoms with van der Waals surface area (Å²) in [7, 11) is -1.98. The summed E-state index contributed by atoms with van der Waals surface area (Å²) in [5.74, 6) is 0.557.